The fraction of sp³-hybridized carbons (Fsp3) is 0.538. The second-order valence-electron chi connectivity index (χ2n) is 5.43. The van der Waals surface area contributed by atoms with Crippen molar-refractivity contribution in [3.8, 4) is 0 Å². The third-order valence-corrected chi connectivity index (χ3v) is 3.33. The van der Waals surface area contributed by atoms with Crippen molar-refractivity contribution < 1.29 is 13.7 Å². The first-order valence-corrected chi connectivity index (χ1v) is 7.69. The zero-order valence-electron chi connectivity index (χ0n) is 12.3. The molecule has 1 aromatic heterocycles. The lowest BCUT2D eigenvalue weighted by atomic mass is 10.2. The molecule has 0 fully saturated rings. The number of pyridine rings is 1. The van der Waals surface area contributed by atoms with Gasteiger partial charge in [-0.2, -0.15) is 0 Å². The number of carbonyl (C=O) groups is 1. The summed E-state index contributed by atoms with van der Waals surface area (Å²) in [7, 11) is -1.31. The predicted molar refractivity (Wildman–Crippen MR) is 77.2 cm³/mol. The first-order valence-electron chi connectivity index (χ1n) is 6.13. The summed E-state index contributed by atoms with van der Waals surface area (Å²) < 4.78 is 16.7. The Balaban J connectivity index is 2.91. The molecule has 1 heterocycles. The number of amides is 1. The molecule has 0 aliphatic carbocycles. The monoisotopic (exact) mass is 300 g/mol. The van der Waals surface area contributed by atoms with Gasteiger partial charge in [0, 0.05) is 11.9 Å². The second kappa shape index (κ2) is 6.21. The van der Waals surface area contributed by atoms with Crippen molar-refractivity contribution in [2.75, 3.05) is 6.26 Å². The molecular weight excluding hydrogens is 280 g/mol. The molecule has 1 atom stereocenters. The van der Waals surface area contributed by atoms with E-state index < -0.39 is 22.5 Å². The lowest BCUT2D eigenvalue weighted by molar-refractivity contribution is 0.0523. The van der Waals surface area contributed by atoms with E-state index in [-0.39, 0.29) is 17.7 Å². The molecule has 6 nitrogen and oxygen atoms in total. The first-order chi connectivity index (χ1) is 9.10. The van der Waals surface area contributed by atoms with E-state index in [1.54, 1.807) is 33.8 Å². The van der Waals surface area contributed by atoms with Crippen LogP contribution in [0.25, 0.3) is 0 Å². The summed E-state index contributed by atoms with van der Waals surface area (Å²) in [5, 5.41) is 2.50. The lowest BCUT2D eigenvalue weighted by Gasteiger charge is -2.19. The topological polar surface area (TPSA) is 88.3 Å². The molecular formula is C13H20N2O4S. The number of aromatic nitrogens is 1. The maximum Gasteiger partial charge on any atom is 0.407 e. The van der Waals surface area contributed by atoms with E-state index in [1.165, 1.54) is 6.26 Å². The van der Waals surface area contributed by atoms with Crippen molar-refractivity contribution in [2.45, 2.75) is 44.7 Å². The average Bonchev–Trinajstić information content (AvgIpc) is 2.24. The summed E-state index contributed by atoms with van der Waals surface area (Å²) in [5.74, 6) is 0. The van der Waals surface area contributed by atoms with Gasteiger partial charge in [-0.25, -0.2) is 4.79 Å². The van der Waals surface area contributed by atoms with Gasteiger partial charge in [-0.1, -0.05) is 0 Å². The molecule has 7 heteroatoms. The smallest absolute Gasteiger partial charge is 0.407 e. The number of rotatable bonds is 3. The highest BCUT2D eigenvalue weighted by atomic mass is 32.2. The van der Waals surface area contributed by atoms with Crippen molar-refractivity contribution in [1.29, 1.82) is 0 Å². The average molecular weight is 300 g/mol. The molecule has 0 radical (unpaired) electrons. The highest BCUT2D eigenvalue weighted by Gasteiger charge is 2.17. The molecule has 0 saturated heterocycles. The number of aromatic amines is 1. The Morgan fingerprint density at radius 2 is 2.05 bits per heavy atom. The van der Waals surface area contributed by atoms with Gasteiger partial charge in [0.2, 0.25) is 0 Å². The van der Waals surface area contributed by atoms with Crippen molar-refractivity contribution in [3.05, 3.63) is 27.7 Å². The molecule has 0 aromatic carbocycles. The number of H-pyrrole nitrogens is 1. The third kappa shape index (κ3) is 4.80. The highest BCUT2D eigenvalue weighted by Crippen LogP contribution is 2.11. The van der Waals surface area contributed by atoms with Crippen LogP contribution >= 0.6 is 0 Å². The van der Waals surface area contributed by atoms with Crippen molar-refractivity contribution in [3.63, 3.8) is 0 Å². The number of aryl methyl sites for hydroxylation is 1. The first kappa shape index (κ1) is 16.4. The van der Waals surface area contributed by atoms with Gasteiger partial charge in [0.15, 0.2) is 0 Å². The zero-order chi connectivity index (χ0) is 15.5. The number of alkyl carbamates (subject to hydrolysis) is 1. The van der Waals surface area contributed by atoms with Crippen molar-refractivity contribution in [1.82, 2.24) is 10.3 Å². The molecule has 1 rings (SSSR count). The van der Waals surface area contributed by atoms with Gasteiger partial charge < -0.3 is 15.0 Å². The van der Waals surface area contributed by atoms with Crippen molar-refractivity contribution in [2.24, 2.45) is 0 Å². The summed E-state index contributed by atoms with van der Waals surface area (Å²) in [6.07, 6.45) is 0.871. The molecule has 0 spiro atoms. The SMILES string of the molecule is Cc1cc(S(C)=O)c(CNC(=O)OC(C)(C)C)c(=O)[nH]1. The fourth-order valence-electron chi connectivity index (χ4n) is 1.58. The van der Waals surface area contributed by atoms with Gasteiger partial charge in [-0.15, -0.1) is 0 Å². The van der Waals surface area contributed by atoms with Gasteiger partial charge in [0.25, 0.3) is 5.56 Å². The molecule has 20 heavy (non-hydrogen) atoms. The van der Waals surface area contributed by atoms with Crippen LogP contribution in [0.5, 0.6) is 0 Å². The van der Waals surface area contributed by atoms with E-state index in [1.807, 2.05) is 0 Å². The summed E-state index contributed by atoms with van der Waals surface area (Å²) in [6, 6.07) is 1.64. The fourth-order valence-corrected chi connectivity index (χ4v) is 2.44. The molecule has 2 N–H and O–H groups in total. The Morgan fingerprint density at radius 1 is 1.45 bits per heavy atom. The summed E-state index contributed by atoms with van der Waals surface area (Å²) >= 11 is 0. The zero-order valence-corrected chi connectivity index (χ0v) is 13.1. The number of hydrogen-bond donors (Lipinski definition) is 2. The van der Waals surface area contributed by atoms with Gasteiger partial charge in [-0.05, 0) is 33.8 Å². The summed E-state index contributed by atoms with van der Waals surface area (Å²) in [6.45, 7) is 6.93. The number of carbonyl (C=O) groups excluding carboxylic acids is 1. The van der Waals surface area contributed by atoms with E-state index in [9.17, 15) is 13.8 Å². The van der Waals surface area contributed by atoms with Crippen LogP contribution in [0.4, 0.5) is 4.79 Å². The maximum atomic E-state index is 11.9. The Kier molecular flexibility index (Phi) is 5.10. The molecule has 0 bridgehead atoms. The molecule has 0 aliphatic heterocycles. The van der Waals surface area contributed by atoms with Crippen LogP contribution in [-0.2, 0) is 22.1 Å². The highest BCUT2D eigenvalue weighted by molar-refractivity contribution is 7.84. The van der Waals surface area contributed by atoms with Gasteiger partial charge in [-0.3, -0.25) is 9.00 Å². The Morgan fingerprint density at radius 3 is 2.55 bits per heavy atom. The molecule has 1 amide bonds. The number of hydrogen-bond acceptors (Lipinski definition) is 4. The van der Waals surface area contributed by atoms with Crippen LogP contribution in [-0.4, -0.2) is 27.1 Å². The van der Waals surface area contributed by atoms with Crippen LogP contribution in [0.15, 0.2) is 15.8 Å². The van der Waals surface area contributed by atoms with Gasteiger partial charge in [0.1, 0.15) is 5.60 Å². The van der Waals surface area contributed by atoms with Crippen LogP contribution < -0.4 is 10.9 Å². The van der Waals surface area contributed by atoms with Gasteiger partial charge >= 0.3 is 6.09 Å². The normalized spacial score (nSPS) is 12.8. The van der Waals surface area contributed by atoms with Gasteiger partial charge in [0.05, 0.1) is 27.8 Å². The minimum absolute atomic E-state index is 0.0283. The molecule has 1 aromatic rings. The molecule has 112 valence electrons. The van der Waals surface area contributed by atoms with Crippen molar-refractivity contribution >= 4 is 16.9 Å². The molecule has 0 saturated carbocycles. The van der Waals surface area contributed by atoms with E-state index >= 15 is 0 Å². The Bertz CT molecular complexity index is 587. The van der Waals surface area contributed by atoms with Crippen LogP contribution in [0.2, 0.25) is 0 Å². The van der Waals surface area contributed by atoms with E-state index in [0.717, 1.165) is 0 Å². The Labute approximate surface area is 120 Å². The van der Waals surface area contributed by atoms with Crippen LogP contribution in [0.1, 0.15) is 32.0 Å². The standard InChI is InChI=1S/C13H20N2O4S/c1-8-6-10(20(5)18)9(11(16)15-8)7-14-12(17)19-13(2,3)4/h6H,7H2,1-5H3,(H,14,17)(H,15,16). The van der Waals surface area contributed by atoms with E-state index in [4.69, 9.17) is 4.74 Å². The second-order valence-corrected chi connectivity index (χ2v) is 6.78. The van der Waals surface area contributed by atoms with E-state index in [2.05, 4.69) is 10.3 Å². The van der Waals surface area contributed by atoms with Crippen LogP contribution in [0, 0.1) is 6.92 Å². The minimum Gasteiger partial charge on any atom is -0.444 e. The third-order valence-electron chi connectivity index (χ3n) is 2.35. The van der Waals surface area contributed by atoms with Crippen LogP contribution in [0.3, 0.4) is 0 Å². The summed E-state index contributed by atoms with van der Waals surface area (Å²) in [4.78, 5) is 26.5. The lowest BCUT2D eigenvalue weighted by Crippen LogP contribution is -2.34. The number of ether oxygens (including phenoxy) is 1. The quantitative estimate of drug-likeness (QED) is 0.884. The largest absolute Gasteiger partial charge is 0.444 e. The predicted octanol–water partition coefficient (Wildman–Crippen LogP) is 1.45. The molecule has 0 aliphatic rings. The summed E-state index contributed by atoms with van der Waals surface area (Å²) in [5.41, 5.74) is -0.0602. The minimum atomic E-state index is -1.31. The number of nitrogens with one attached hydrogen (secondary N) is 2. The Hall–Kier alpha value is -1.63. The maximum absolute atomic E-state index is 11.9. The van der Waals surface area contributed by atoms with E-state index in [0.29, 0.717) is 10.6 Å². The molecule has 1 unspecified atom stereocenters.